The van der Waals surface area contributed by atoms with E-state index in [0.717, 1.165) is 4.47 Å². The van der Waals surface area contributed by atoms with Crippen LogP contribution in [0.4, 0.5) is 5.69 Å². The van der Waals surface area contributed by atoms with Gasteiger partial charge >= 0.3 is 11.8 Å². The molecule has 0 aromatic heterocycles. The van der Waals surface area contributed by atoms with Gasteiger partial charge in [0.25, 0.3) is 5.91 Å². The maximum absolute atomic E-state index is 12.1. The quantitative estimate of drug-likeness (QED) is 0.287. The van der Waals surface area contributed by atoms with Crippen LogP contribution in [0, 0.1) is 0 Å². The fourth-order valence-corrected chi connectivity index (χ4v) is 2.73. The third-order valence-electron chi connectivity index (χ3n) is 4.02. The first-order chi connectivity index (χ1) is 14.8. The van der Waals surface area contributed by atoms with Crippen molar-refractivity contribution in [3.05, 3.63) is 57.5 Å². The Morgan fingerprint density at radius 2 is 1.87 bits per heavy atom. The third-order valence-corrected chi connectivity index (χ3v) is 4.77. The van der Waals surface area contributed by atoms with Gasteiger partial charge in [-0.25, -0.2) is 5.43 Å². The lowest BCUT2D eigenvalue weighted by Crippen LogP contribution is -2.41. The van der Waals surface area contributed by atoms with Gasteiger partial charge in [-0.3, -0.25) is 14.4 Å². The number of ether oxygens (including phenoxy) is 1. The normalized spacial score (nSPS) is 11.6. The van der Waals surface area contributed by atoms with E-state index in [4.69, 9.17) is 16.3 Å². The number of nitrogens with zero attached hydrogens (tertiary/aromatic N) is 1. The predicted molar refractivity (Wildman–Crippen MR) is 123 cm³/mol. The Labute approximate surface area is 193 Å². The number of halogens is 2. The Bertz CT molecular complexity index is 966. The highest BCUT2D eigenvalue weighted by Crippen LogP contribution is 2.22. The number of hydrogen-bond donors (Lipinski definition) is 3. The molecule has 0 bridgehead atoms. The lowest BCUT2D eigenvalue weighted by molar-refractivity contribution is -0.139. The van der Waals surface area contributed by atoms with Crippen molar-refractivity contribution in [2.45, 2.75) is 26.3 Å². The molecule has 2 aromatic carbocycles. The summed E-state index contributed by atoms with van der Waals surface area (Å²) in [6, 6.07) is 11.7. The molecule has 0 aliphatic heterocycles. The molecule has 0 saturated heterocycles. The average molecular weight is 510 g/mol. The number of hydrogen-bond acceptors (Lipinski definition) is 5. The Morgan fingerprint density at radius 3 is 2.55 bits per heavy atom. The van der Waals surface area contributed by atoms with Gasteiger partial charge < -0.3 is 15.4 Å². The van der Waals surface area contributed by atoms with Crippen molar-refractivity contribution in [1.29, 1.82) is 0 Å². The smallest absolute Gasteiger partial charge is 0.329 e. The van der Waals surface area contributed by atoms with E-state index in [1.165, 1.54) is 6.21 Å². The van der Waals surface area contributed by atoms with Gasteiger partial charge in [0.15, 0.2) is 6.61 Å². The van der Waals surface area contributed by atoms with Crippen molar-refractivity contribution in [1.82, 2.24) is 10.7 Å². The fourth-order valence-electron chi connectivity index (χ4n) is 2.23. The topological polar surface area (TPSA) is 109 Å². The summed E-state index contributed by atoms with van der Waals surface area (Å²) in [5.74, 6) is -1.63. The molecule has 0 fully saturated rings. The standard InChI is InChI=1S/C21H22BrClN4O4/c1-3-13(2)25-20(29)21(30)27-24-11-14-10-15(22)4-9-18(14)31-12-19(28)26-17-7-5-16(23)6-8-17/h4-11,13H,3,12H2,1-2H3,(H,25,29)(H,26,28)(H,27,30)/b24-11-/t13-/m1/s1. The molecule has 0 heterocycles. The molecule has 3 amide bonds. The average Bonchev–Trinajstić information content (AvgIpc) is 2.74. The summed E-state index contributed by atoms with van der Waals surface area (Å²) < 4.78 is 6.32. The molecule has 10 heteroatoms. The van der Waals surface area contributed by atoms with E-state index >= 15 is 0 Å². The van der Waals surface area contributed by atoms with Gasteiger partial charge in [-0.2, -0.15) is 5.10 Å². The van der Waals surface area contributed by atoms with E-state index in [1.807, 2.05) is 6.92 Å². The van der Waals surface area contributed by atoms with Crippen molar-refractivity contribution in [2.75, 3.05) is 11.9 Å². The molecule has 0 aliphatic rings. The number of carbonyl (C=O) groups excluding carboxylic acids is 3. The molecule has 2 rings (SSSR count). The zero-order valence-electron chi connectivity index (χ0n) is 16.9. The summed E-state index contributed by atoms with van der Waals surface area (Å²) in [7, 11) is 0. The van der Waals surface area contributed by atoms with Crippen molar-refractivity contribution >= 4 is 57.2 Å². The van der Waals surface area contributed by atoms with Gasteiger partial charge in [0, 0.05) is 26.8 Å². The largest absolute Gasteiger partial charge is 0.483 e. The minimum atomic E-state index is -0.878. The fraction of sp³-hybridized carbons (Fsp3) is 0.238. The van der Waals surface area contributed by atoms with Crippen LogP contribution in [0.2, 0.25) is 5.02 Å². The highest BCUT2D eigenvalue weighted by molar-refractivity contribution is 9.10. The van der Waals surface area contributed by atoms with E-state index in [1.54, 1.807) is 49.4 Å². The van der Waals surface area contributed by atoms with Crippen LogP contribution in [-0.4, -0.2) is 36.6 Å². The van der Waals surface area contributed by atoms with Crippen LogP contribution < -0.4 is 20.8 Å². The van der Waals surface area contributed by atoms with Crippen LogP contribution in [0.3, 0.4) is 0 Å². The zero-order valence-corrected chi connectivity index (χ0v) is 19.3. The molecular formula is C21H22BrClN4O4. The highest BCUT2D eigenvalue weighted by Gasteiger charge is 2.14. The summed E-state index contributed by atoms with van der Waals surface area (Å²) in [5.41, 5.74) is 3.25. The molecular weight excluding hydrogens is 488 g/mol. The lowest BCUT2D eigenvalue weighted by atomic mass is 10.2. The molecule has 0 unspecified atom stereocenters. The second kappa shape index (κ2) is 12.1. The maximum Gasteiger partial charge on any atom is 0.329 e. The summed E-state index contributed by atoms with van der Waals surface area (Å²) >= 11 is 9.17. The second-order valence-electron chi connectivity index (χ2n) is 6.51. The van der Waals surface area contributed by atoms with Crippen molar-refractivity contribution in [2.24, 2.45) is 5.10 Å². The monoisotopic (exact) mass is 508 g/mol. The van der Waals surface area contributed by atoms with Crippen molar-refractivity contribution in [3.63, 3.8) is 0 Å². The first-order valence-electron chi connectivity index (χ1n) is 9.40. The molecule has 2 aromatic rings. The lowest BCUT2D eigenvalue weighted by Gasteiger charge is -2.11. The Balaban J connectivity index is 1.96. The van der Waals surface area contributed by atoms with E-state index in [0.29, 0.717) is 28.4 Å². The first-order valence-corrected chi connectivity index (χ1v) is 10.6. The number of anilines is 1. The van der Waals surface area contributed by atoms with Gasteiger partial charge in [-0.1, -0.05) is 34.5 Å². The Hall–Kier alpha value is -2.91. The van der Waals surface area contributed by atoms with Gasteiger partial charge in [0.2, 0.25) is 0 Å². The number of nitrogens with one attached hydrogen (secondary N) is 3. The Kier molecular flexibility index (Phi) is 9.48. The SMILES string of the molecule is CC[C@@H](C)NC(=O)C(=O)N/N=C\c1cc(Br)ccc1OCC(=O)Nc1ccc(Cl)cc1. The van der Waals surface area contributed by atoms with E-state index in [2.05, 4.69) is 37.1 Å². The minimum absolute atomic E-state index is 0.119. The van der Waals surface area contributed by atoms with Crippen LogP contribution in [0.5, 0.6) is 5.75 Å². The molecule has 31 heavy (non-hydrogen) atoms. The molecule has 164 valence electrons. The number of benzene rings is 2. The molecule has 1 atom stereocenters. The van der Waals surface area contributed by atoms with Gasteiger partial charge in [0.1, 0.15) is 5.75 Å². The molecule has 0 spiro atoms. The Morgan fingerprint density at radius 1 is 1.16 bits per heavy atom. The number of hydrazone groups is 1. The number of amides is 3. The van der Waals surface area contributed by atoms with Crippen molar-refractivity contribution < 1.29 is 19.1 Å². The zero-order chi connectivity index (χ0) is 22.8. The van der Waals surface area contributed by atoms with Gasteiger partial charge in [-0.15, -0.1) is 0 Å². The highest BCUT2D eigenvalue weighted by atomic mass is 79.9. The maximum atomic E-state index is 12.1. The molecule has 0 saturated carbocycles. The number of carbonyl (C=O) groups is 3. The first kappa shape index (κ1) is 24.4. The van der Waals surface area contributed by atoms with Gasteiger partial charge in [-0.05, 0) is 55.8 Å². The number of rotatable bonds is 8. The van der Waals surface area contributed by atoms with Crippen LogP contribution >= 0.6 is 27.5 Å². The molecule has 0 radical (unpaired) electrons. The second-order valence-corrected chi connectivity index (χ2v) is 7.86. The van der Waals surface area contributed by atoms with Crippen molar-refractivity contribution in [3.8, 4) is 5.75 Å². The minimum Gasteiger partial charge on any atom is -0.483 e. The predicted octanol–water partition coefficient (Wildman–Crippen LogP) is 3.48. The van der Waals surface area contributed by atoms with Gasteiger partial charge in [0.05, 0.1) is 6.21 Å². The van der Waals surface area contributed by atoms with E-state index < -0.39 is 11.8 Å². The summed E-state index contributed by atoms with van der Waals surface area (Å²) in [4.78, 5) is 35.7. The summed E-state index contributed by atoms with van der Waals surface area (Å²) in [6.07, 6.45) is 2.03. The molecule has 8 nitrogen and oxygen atoms in total. The van der Waals surface area contributed by atoms with E-state index in [-0.39, 0.29) is 18.6 Å². The van der Waals surface area contributed by atoms with Crippen LogP contribution in [-0.2, 0) is 14.4 Å². The summed E-state index contributed by atoms with van der Waals surface area (Å²) in [6.45, 7) is 3.45. The van der Waals surface area contributed by atoms with Crippen LogP contribution in [0.25, 0.3) is 0 Å². The van der Waals surface area contributed by atoms with Crippen LogP contribution in [0.1, 0.15) is 25.8 Å². The van der Waals surface area contributed by atoms with E-state index in [9.17, 15) is 14.4 Å². The molecule has 3 N–H and O–H groups in total. The third kappa shape index (κ3) is 8.39. The van der Waals surface area contributed by atoms with Crippen LogP contribution in [0.15, 0.2) is 52.0 Å². The molecule has 0 aliphatic carbocycles. The summed E-state index contributed by atoms with van der Waals surface area (Å²) in [5, 5.41) is 9.61.